The highest BCUT2D eigenvalue weighted by atomic mass is 16.3. The lowest BCUT2D eigenvalue weighted by Gasteiger charge is -2.25. The normalized spacial score (nSPS) is 17.8. The first-order chi connectivity index (χ1) is 9.58. The maximum absolute atomic E-state index is 9.82. The Morgan fingerprint density at radius 2 is 2.00 bits per heavy atom. The number of benzene rings is 1. The Kier molecular flexibility index (Phi) is 5.26. The molecule has 1 aromatic carbocycles. The zero-order chi connectivity index (χ0) is 14.5. The van der Waals surface area contributed by atoms with Gasteiger partial charge in [0.15, 0.2) is 0 Å². The fraction of sp³-hybridized carbons (Fsp3) is 0.625. The van der Waals surface area contributed by atoms with Gasteiger partial charge in [-0.3, -0.25) is 0 Å². The number of rotatable bonds is 6. The molecule has 112 valence electrons. The van der Waals surface area contributed by atoms with E-state index in [9.17, 15) is 10.2 Å². The number of nitrogens with one attached hydrogen (secondary N) is 1. The summed E-state index contributed by atoms with van der Waals surface area (Å²) in [5, 5.41) is 22.7. The lowest BCUT2D eigenvalue weighted by Crippen LogP contribution is -2.36. The molecular weight excluding hydrogens is 252 g/mol. The standard InChI is InChI=1S/C16H26N2O2/c1-12(15-11-14(19)7-8-16(15)20)17-9-10-18(2)13-5-3-4-6-13/h7-8,11-13,17,19-20H,3-6,9-10H2,1-2H3. The molecule has 0 heterocycles. The number of phenols is 2. The Morgan fingerprint density at radius 1 is 1.30 bits per heavy atom. The molecule has 2 rings (SSSR count). The molecule has 0 aliphatic heterocycles. The highest BCUT2D eigenvalue weighted by Gasteiger charge is 2.19. The van der Waals surface area contributed by atoms with E-state index in [4.69, 9.17) is 0 Å². The molecule has 0 radical (unpaired) electrons. The van der Waals surface area contributed by atoms with E-state index in [1.165, 1.54) is 37.8 Å². The van der Waals surface area contributed by atoms with Crippen LogP contribution in [0.5, 0.6) is 11.5 Å². The summed E-state index contributed by atoms with van der Waals surface area (Å²) in [5.41, 5.74) is 0.744. The minimum absolute atomic E-state index is 0.0269. The van der Waals surface area contributed by atoms with Crippen LogP contribution >= 0.6 is 0 Å². The number of aromatic hydroxyl groups is 2. The average Bonchev–Trinajstić information content (AvgIpc) is 2.95. The molecule has 1 saturated carbocycles. The van der Waals surface area contributed by atoms with Crippen LogP contribution in [0.4, 0.5) is 0 Å². The summed E-state index contributed by atoms with van der Waals surface area (Å²) in [6.45, 7) is 3.89. The number of nitrogens with zero attached hydrogens (tertiary/aromatic N) is 1. The van der Waals surface area contributed by atoms with Crippen molar-refractivity contribution < 1.29 is 10.2 Å². The van der Waals surface area contributed by atoms with E-state index >= 15 is 0 Å². The van der Waals surface area contributed by atoms with Crippen LogP contribution in [-0.2, 0) is 0 Å². The van der Waals surface area contributed by atoms with Gasteiger partial charge in [-0.15, -0.1) is 0 Å². The first kappa shape index (κ1) is 15.1. The van der Waals surface area contributed by atoms with Crippen molar-refractivity contribution >= 4 is 0 Å². The van der Waals surface area contributed by atoms with E-state index in [0.717, 1.165) is 24.7 Å². The van der Waals surface area contributed by atoms with Gasteiger partial charge in [0.2, 0.25) is 0 Å². The second kappa shape index (κ2) is 6.95. The Morgan fingerprint density at radius 3 is 2.70 bits per heavy atom. The van der Waals surface area contributed by atoms with Gasteiger partial charge in [0.1, 0.15) is 11.5 Å². The van der Waals surface area contributed by atoms with Gasteiger partial charge in [0, 0.05) is 30.7 Å². The van der Waals surface area contributed by atoms with Crippen LogP contribution in [0.2, 0.25) is 0 Å². The molecule has 0 amide bonds. The smallest absolute Gasteiger partial charge is 0.120 e. The summed E-state index contributed by atoms with van der Waals surface area (Å²) in [5.74, 6) is 0.418. The number of hydrogen-bond acceptors (Lipinski definition) is 4. The van der Waals surface area contributed by atoms with Crippen LogP contribution in [0.15, 0.2) is 18.2 Å². The largest absolute Gasteiger partial charge is 0.508 e. The highest BCUT2D eigenvalue weighted by Crippen LogP contribution is 2.27. The fourth-order valence-corrected chi connectivity index (χ4v) is 2.98. The van der Waals surface area contributed by atoms with Crippen molar-refractivity contribution in [2.45, 2.75) is 44.7 Å². The van der Waals surface area contributed by atoms with Crippen LogP contribution in [0, 0.1) is 0 Å². The summed E-state index contributed by atoms with van der Waals surface area (Å²) in [6.07, 6.45) is 5.35. The average molecular weight is 278 g/mol. The molecule has 1 aliphatic carbocycles. The monoisotopic (exact) mass is 278 g/mol. The Bertz CT molecular complexity index is 430. The quantitative estimate of drug-likeness (QED) is 0.700. The number of hydrogen-bond donors (Lipinski definition) is 3. The molecule has 1 unspecified atom stereocenters. The van der Waals surface area contributed by atoms with Crippen LogP contribution in [-0.4, -0.2) is 41.3 Å². The van der Waals surface area contributed by atoms with E-state index in [-0.39, 0.29) is 17.5 Å². The third-order valence-electron chi connectivity index (χ3n) is 4.34. The number of likely N-dealkylation sites (N-methyl/N-ethyl adjacent to an activating group) is 1. The zero-order valence-corrected chi connectivity index (χ0v) is 12.5. The molecule has 4 heteroatoms. The molecule has 4 nitrogen and oxygen atoms in total. The van der Waals surface area contributed by atoms with Gasteiger partial charge in [-0.05, 0) is 45.0 Å². The van der Waals surface area contributed by atoms with Gasteiger partial charge in [-0.25, -0.2) is 0 Å². The van der Waals surface area contributed by atoms with Crippen molar-refractivity contribution in [1.29, 1.82) is 0 Å². The molecule has 0 saturated heterocycles. The van der Waals surface area contributed by atoms with Gasteiger partial charge >= 0.3 is 0 Å². The second-order valence-corrected chi connectivity index (χ2v) is 5.84. The maximum Gasteiger partial charge on any atom is 0.120 e. The number of phenolic OH excluding ortho intramolecular Hbond substituents is 2. The van der Waals surface area contributed by atoms with Gasteiger partial charge in [-0.1, -0.05) is 12.8 Å². The van der Waals surface area contributed by atoms with Crippen molar-refractivity contribution in [3.63, 3.8) is 0 Å². The van der Waals surface area contributed by atoms with Crippen molar-refractivity contribution in [3.05, 3.63) is 23.8 Å². The molecule has 1 aromatic rings. The van der Waals surface area contributed by atoms with Crippen LogP contribution in [0.3, 0.4) is 0 Å². The molecule has 1 aliphatic rings. The minimum atomic E-state index is 0.0269. The zero-order valence-electron chi connectivity index (χ0n) is 12.5. The summed E-state index contributed by atoms with van der Waals surface area (Å²) in [4.78, 5) is 2.43. The van der Waals surface area contributed by atoms with E-state index in [1.54, 1.807) is 6.07 Å². The summed E-state index contributed by atoms with van der Waals surface area (Å²) >= 11 is 0. The van der Waals surface area contributed by atoms with Crippen LogP contribution in [0.25, 0.3) is 0 Å². The lowest BCUT2D eigenvalue weighted by molar-refractivity contribution is 0.242. The van der Waals surface area contributed by atoms with E-state index in [2.05, 4.69) is 17.3 Å². The van der Waals surface area contributed by atoms with Crippen LogP contribution in [0.1, 0.15) is 44.2 Å². The predicted octanol–water partition coefficient (Wildman–Crippen LogP) is 2.62. The first-order valence-corrected chi connectivity index (χ1v) is 7.53. The molecule has 0 aromatic heterocycles. The third-order valence-corrected chi connectivity index (χ3v) is 4.34. The van der Waals surface area contributed by atoms with Gasteiger partial charge < -0.3 is 20.4 Å². The van der Waals surface area contributed by atoms with E-state index in [1.807, 2.05) is 6.92 Å². The molecule has 20 heavy (non-hydrogen) atoms. The fourth-order valence-electron chi connectivity index (χ4n) is 2.98. The van der Waals surface area contributed by atoms with E-state index in [0.29, 0.717) is 0 Å². The highest BCUT2D eigenvalue weighted by molar-refractivity contribution is 5.40. The Labute approximate surface area is 121 Å². The van der Waals surface area contributed by atoms with Crippen molar-refractivity contribution in [1.82, 2.24) is 10.2 Å². The van der Waals surface area contributed by atoms with Crippen molar-refractivity contribution in [3.8, 4) is 11.5 Å². The third kappa shape index (κ3) is 3.87. The van der Waals surface area contributed by atoms with E-state index < -0.39 is 0 Å². The molecule has 0 spiro atoms. The lowest BCUT2D eigenvalue weighted by atomic mass is 10.1. The summed E-state index contributed by atoms with van der Waals surface area (Å²) in [6, 6.07) is 5.42. The predicted molar refractivity (Wildman–Crippen MR) is 81.1 cm³/mol. The Hall–Kier alpha value is -1.26. The molecule has 0 bridgehead atoms. The van der Waals surface area contributed by atoms with Gasteiger partial charge in [0.05, 0.1) is 0 Å². The molecule has 1 atom stereocenters. The summed E-state index contributed by atoms with van der Waals surface area (Å²) in [7, 11) is 2.19. The van der Waals surface area contributed by atoms with Crippen molar-refractivity contribution in [2.75, 3.05) is 20.1 Å². The maximum atomic E-state index is 9.82. The van der Waals surface area contributed by atoms with Crippen molar-refractivity contribution in [2.24, 2.45) is 0 Å². The second-order valence-electron chi connectivity index (χ2n) is 5.84. The van der Waals surface area contributed by atoms with Gasteiger partial charge in [-0.2, -0.15) is 0 Å². The SMILES string of the molecule is CC(NCCN(C)C1CCCC1)c1cc(O)ccc1O. The molecule has 1 fully saturated rings. The van der Waals surface area contributed by atoms with Crippen LogP contribution < -0.4 is 5.32 Å². The Balaban J connectivity index is 1.79. The molecule has 3 N–H and O–H groups in total. The summed E-state index contributed by atoms with van der Waals surface area (Å²) < 4.78 is 0. The topological polar surface area (TPSA) is 55.7 Å². The first-order valence-electron chi connectivity index (χ1n) is 7.53. The molecular formula is C16H26N2O2. The minimum Gasteiger partial charge on any atom is -0.508 e. The van der Waals surface area contributed by atoms with Gasteiger partial charge in [0.25, 0.3) is 0 Å².